The number of hydrogen-bond donors (Lipinski definition) is 1. The first-order chi connectivity index (χ1) is 12.1. The Morgan fingerprint density at radius 1 is 1.12 bits per heavy atom. The molecule has 1 aromatic heterocycles. The van der Waals surface area contributed by atoms with Crippen molar-refractivity contribution < 1.29 is 9.53 Å². The number of fused-ring (bicyclic) bond motifs is 3. The Hall–Kier alpha value is -2.75. The summed E-state index contributed by atoms with van der Waals surface area (Å²) in [6.07, 6.45) is 0.850. The predicted molar refractivity (Wildman–Crippen MR) is 99.2 cm³/mol. The van der Waals surface area contributed by atoms with Crippen molar-refractivity contribution in [1.82, 2.24) is 9.88 Å². The zero-order valence-corrected chi connectivity index (χ0v) is 14.8. The molecule has 25 heavy (non-hydrogen) atoms. The Balaban J connectivity index is 1.67. The molecule has 2 aromatic carbocycles. The number of nitrogens with one attached hydrogen (secondary N) is 1. The van der Waals surface area contributed by atoms with Gasteiger partial charge < -0.3 is 14.6 Å². The maximum atomic E-state index is 12.9. The van der Waals surface area contributed by atoms with Gasteiger partial charge in [-0.15, -0.1) is 0 Å². The number of aromatic nitrogens is 1. The van der Waals surface area contributed by atoms with Gasteiger partial charge in [-0.25, -0.2) is 0 Å². The fraction of sp³-hybridized carbons (Fsp3) is 0.286. The van der Waals surface area contributed by atoms with E-state index in [0.29, 0.717) is 6.54 Å². The van der Waals surface area contributed by atoms with Crippen LogP contribution in [0.3, 0.4) is 0 Å². The Morgan fingerprint density at radius 2 is 1.96 bits per heavy atom. The second-order valence-corrected chi connectivity index (χ2v) is 6.77. The van der Waals surface area contributed by atoms with E-state index in [0.717, 1.165) is 40.7 Å². The molecule has 0 saturated carbocycles. The molecule has 0 fully saturated rings. The van der Waals surface area contributed by atoms with Crippen LogP contribution < -0.4 is 4.74 Å². The monoisotopic (exact) mass is 334 g/mol. The van der Waals surface area contributed by atoms with Crippen LogP contribution >= 0.6 is 0 Å². The summed E-state index contributed by atoms with van der Waals surface area (Å²) in [6.45, 7) is 5.49. The summed E-state index contributed by atoms with van der Waals surface area (Å²) in [6, 6.07) is 12.0. The van der Waals surface area contributed by atoms with E-state index >= 15 is 0 Å². The summed E-state index contributed by atoms with van der Waals surface area (Å²) in [5.74, 6) is 0.943. The standard InChI is InChI=1S/C21H22N2O2/c1-13-4-5-15(10-14(13)2)21(24)23-9-8-20-18(12-23)17-11-16(25-3)6-7-19(17)22-20/h4-7,10-11,22H,8-9,12H2,1-3H3. The van der Waals surface area contributed by atoms with Crippen molar-refractivity contribution in [3.63, 3.8) is 0 Å². The smallest absolute Gasteiger partial charge is 0.254 e. The van der Waals surface area contributed by atoms with Crippen LogP contribution in [0.2, 0.25) is 0 Å². The van der Waals surface area contributed by atoms with Crippen LogP contribution in [0.4, 0.5) is 0 Å². The number of hydrogen-bond acceptors (Lipinski definition) is 2. The molecule has 0 bridgehead atoms. The van der Waals surface area contributed by atoms with Gasteiger partial charge >= 0.3 is 0 Å². The highest BCUT2D eigenvalue weighted by molar-refractivity contribution is 5.95. The van der Waals surface area contributed by atoms with Crippen LogP contribution in [-0.4, -0.2) is 29.4 Å². The zero-order valence-electron chi connectivity index (χ0n) is 14.8. The topological polar surface area (TPSA) is 45.3 Å². The second-order valence-electron chi connectivity index (χ2n) is 6.77. The van der Waals surface area contributed by atoms with Gasteiger partial charge in [-0.3, -0.25) is 4.79 Å². The minimum atomic E-state index is 0.103. The lowest BCUT2D eigenvalue weighted by molar-refractivity contribution is 0.0735. The van der Waals surface area contributed by atoms with Crippen molar-refractivity contribution in [3.05, 3.63) is 64.3 Å². The molecule has 1 aliphatic rings. The Morgan fingerprint density at radius 3 is 2.72 bits per heavy atom. The molecule has 0 spiro atoms. The van der Waals surface area contributed by atoms with Gasteiger partial charge in [0.25, 0.3) is 5.91 Å². The number of amides is 1. The fourth-order valence-corrected chi connectivity index (χ4v) is 3.55. The molecular weight excluding hydrogens is 312 g/mol. The highest BCUT2D eigenvalue weighted by atomic mass is 16.5. The molecule has 4 heteroatoms. The third-order valence-electron chi connectivity index (χ3n) is 5.22. The number of H-pyrrole nitrogens is 1. The molecule has 3 aromatic rings. The molecule has 0 unspecified atom stereocenters. The van der Waals surface area contributed by atoms with Crippen molar-refractivity contribution in [2.75, 3.05) is 13.7 Å². The summed E-state index contributed by atoms with van der Waals surface area (Å²) in [7, 11) is 1.68. The first-order valence-corrected chi connectivity index (χ1v) is 8.61. The molecule has 1 aliphatic heterocycles. The van der Waals surface area contributed by atoms with Crippen LogP contribution in [-0.2, 0) is 13.0 Å². The largest absolute Gasteiger partial charge is 0.497 e. The van der Waals surface area contributed by atoms with Crippen molar-refractivity contribution in [2.24, 2.45) is 0 Å². The summed E-state index contributed by atoms with van der Waals surface area (Å²) in [5, 5.41) is 1.15. The number of ether oxygens (including phenoxy) is 1. The minimum Gasteiger partial charge on any atom is -0.497 e. The van der Waals surface area contributed by atoms with Gasteiger partial charge in [0.1, 0.15) is 5.75 Å². The number of aryl methyl sites for hydroxylation is 2. The van der Waals surface area contributed by atoms with Crippen LogP contribution in [0.5, 0.6) is 5.75 Å². The lowest BCUT2D eigenvalue weighted by Crippen LogP contribution is -2.35. The Labute approximate surface area is 147 Å². The third kappa shape index (κ3) is 2.68. The Bertz CT molecular complexity index is 971. The molecule has 0 aliphatic carbocycles. The molecule has 128 valence electrons. The SMILES string of the molecule is COc1ccc2[nH]c3c(c2c1)CN(C(=O)c1ccc(C)c(C)c1)CC3. The number of carbonyl (C=O) groups excluding carboxylic acids is 1. The van der Waals surface area contributed by atoms with Crippen LogP contribution in [0.25, 0.3) is 10.9 Å². The van der Waals surface area contributed by atoms with E-state index in [1.54, 1.807) is 7.11 Å². The van der Waals surface area contributed by atoms with Crippen molar-refractivity contribution in [2.45, 2.75) is 26.8 Å². The first kappa shape index (κ1) is 15.8. The third-order valence-corrected chi connectivity index (χ3v) is 5.22. The van der Waals surface area contributed by atoms with Crippen LogP contribution in [0.15, 0.2) is 36.4 Å². The zero-order chi connectivity index (χ0) is 17.6. The van der Waals surface area contributed by atoms with Crippen molar-refractivity contribution in [3.8, 4) is 5.75 Å². The number of rotatable bonds is 2. The average Bonchev–Trinajstić information content (AvgIpc) is 3.00. The second kappa shape index (κ2) is 5.96. The van der Waals surface area contributed by atoms with Crippen LogP contribution in [0.1, 0.15) is 32.7 Å². The average molecular weight is 334 g/mol. The summed E-state index contributed by atoms with van der Waals surface area (Å²) < 4.78 is 5.36. The number of methoxy groups -OCH3 is 1. The van der Waals surface area contributed by atoms with Crippen LogP contribution in [0, 0.1) is 13.8 Å². The van der Waals surface area contributed by atoms with E-state index in [1.165, 1.54) is 16.8 Å². The summed E-state index contributed by atoms with van der Waals surface area (Å²) in [4.78, 5) is 18.4. The fourth-order valence-electron chi connectivity index (χ4n) is 3.55. The van der Waals surface area contributed by atoms with Gasteiger partial charge in [0.05, 0.1) is 7.11 Å². The lowest BCUT2D eigenvalue weighted by atomic mass is 10.0. The normalized spacial score (nSPS) is 13.8. The lowest BCUT2D eigenvalue weighted by Gasteiger charge is -2.27. The molecule has 4 rings (SSSR count). The first-order valence-electron chi connectivity index (χ1n) is 8.61. The van der Waals surface area contributed by atoms with E-state index in [2.05, 4.69) is 18.0 Å². The van der Waals surface area contributed by atoms with E-state index in [1.807, 2.05) is 42.2 Å². The quantitative estimate of drug-likeness (QED) is 0.770. The predicted octanol–water partition coefficient (Wildman–Crippen LogP) is 3.99. The number of nitrogens with zero attached hydrogens (tertiary/aromatic N) is 1. The summed E-state index contributed by atoms with van der Waals surface area (Å²) >= 11 is 0. The van der Waals surface area contributed by atoms with E-state index < -0.39 is 0 Å². The van der Waals surface area contributed by atoms with Gasteiger partial charge in [0, 0.05) is 47.2 Å². The van der Waals surface area contributed by atoms with Gasteiger partial charge in [0.2, 0.25) is 0 Å². The highest BCUT2D eigenvalue weighted by Crippen LogP contribution is 2.31. The van der Waals surface area contributed by atoms with Gasteiger partial charge in [-0.05, 0) is 55.3 Å². The number of benzene rings is 2. The van der Waals surface area contributed by atoms with Gasteiger partial charge in [-0.1, -0.05) is 6.07 Å². The number of carbonyl (C=O) groups is 1. The molecule has 2 heterocycles. The van der Waals surface area contributed by atoms with E-state index in [9.17, 15) is 4.79 Å². The summed E-state index contributed by atoms with van der Waals surface area (Å²) in [5.41, 5.74) is 6.67. The van der Waals surface area contributed by atoms with Gasteiger partial charge in [-0.2, -0.15) is 0 Å². The molecule has 0 radical (unpaired) electrons. The Kier molecular flexibility index (Phi) is 3.75. The van der Waals surface area contributed by atoms with E-state index in [4.69, 9.17) is 4.74 Å². The maximum Gasteiger partial charge on any atom is 0.254 e. The van der Waals surface area contributed by atoms with Gasteiger partial charge in [0.15, 0.2) is 0 Å². The molecule has 0 saturated heterocycles. The van der Waals surface area contributed by atoms with Crippen molar-refractivity contribution >= 4 is 16.8 Å². The highest BCUT2D eigenvalue weighted by Gasteiger charge is 2.25. The molecular formula is C21H22N2O2. The number of aromatic amines is 1. The molecule has 1 N–H and O–H groups in total. The molecule has 4 nitrogen and oxygen atoms in total. The van der Waals surface area contributed by atoms with Crippen molar-refractivity contribution in [1.29, 1.82) is 0 Å². The van der Waals surface area contributed by atoms with E-state index in [-0.39, 0.29) is 5.91 Å². The molecule has 0 atom stereocenters. The minimum absolute atomic E-state index is 0.103. The maximum absolute atomic E-state index is 12.9. The molecule has 1 amide bonds.